The van der Waals surface area contributed by atoms with Gasteiger partial charge in [-0.25, -0.2) is 4.98 Å². The van der Waals surface area contributed by atoms with Crippen molar-refractivity contribution in [2.45, 2.75) is 12.2 Å². The van der Waals surface area contributed by atoms with Gasteiger partial charge >= 0.3 is 6.18 Å². The highest BCUT2D eigenvalue weighted by atomic mass is 35.5. The predicted octanol–water partition coefficient (Wildman–Crippen LogP) is 4.68. The Labute approximate surface area is 140 Å². The normalized spacial score (nSPS) is 12.8. The first-order chi connectivity index (χ1) is 11.4. The second-order valence-electron chi connectivity index (χ2n) is 5.06. The highest BCUT2D eigenvalue weighted by Gasteiger charge is 2.35. The van der Waals surface area contributed by atoms with E-state index in [4.69, 9.17) is 11.6 Å². The fourth-order valence-corrected chi connectivity index (χ4v) is 2.51. The summed E-state index contributed by atoms with van der Waals surface area (Å²) in [5.74, 6) is 0. The Bertz CT molecular complexity index is 801. The Morgan fingerprint density at radius 3 is 2.50 bits per heavy atom. The van der Waals surface area contributed by atoms with Crippen molar-refractivity contribution in [1.82, 2.24) is 15.2 Å². The molecule has 0 bridgehead atoms. The summed E-state index contributed by atoms with van der Waals surface area (Å²) in [4.78, 5) is 3.94. The quantitative estimate of drug-likeness (QED) is 0.670. The van der Waals surface area contributed by atoms with Gasteiger partial charge in [0.1, 0.15) is 5.15 Å². The molecule has 1 unspecified atom stereocenters. The minimum Gasteiger partial charge on any atom is -0.373 e. The number of hydrogen-bond acceptors (Lipinski definition) is 3. The molecule has 3 rings (SSSR count). The second-order valence-corrected chi connectivity index (χ2v) is 5.45. The van der Waals surface area contributed by atoms with Crippen molar-refractivity contribution < 1.29 is 13.2 Å². The van der Waals surface area contributed by atoms with Crippen LogP contribution in [0.4, 0.5) is 18.9 Å². The number of aromatic amines is 1. The summed E-state index contributed by atoms with van der Waals surface area (Å²) < 4.78 is 40.1. The van der Waals surface area contributed by atoms with E-state index in [2.05, 4.69) is 20.5 Å². The highest BCUT2D eigenvalue weighted by Crippen LogP contribution is 2.37. The fourth-order valence-electron chi connectivity index (χ4n) is 2.39. The third-order valence-electron chi connectivity index (χ3n) is 3.47. The highest BCUT2D eigenvalue weighted by molar-refractivity contribution is 6.29. The van der Waals surface area contributed by atoms with E-state index < -0.39 is 17.8 Å². The molecule has 0 saturated heterocycles. The van der Waals surface area contributed by atoms with Crippen molar-refractivity contribution in [2.24, 2.45) is 0 Å². The van der Waals surface area contributed by atoms with E-state index in [1.165, 1.54) is 24.5 Å². The van der Waals surface area contributed by atoms with Gasteiger partial charge in [0.05, 0.1) is 29.7 Å². The van der Waals surface area contributed by atoms with Crippen LogP contribution in [0.15, 0.2) is 55.0 Å². The van der Waals surface area contributed by atoms with Crippen LogP contribution >= 0.6 is 11.6 Å². The van der Waals surface area contributed by atoms with E-state index >= 15 is 0 Å². The van der Waals surface area contributed by atoms with Crippen LogP contribution in [0.5, 0.6) is 0 Å². The van der Waals surface area contributed by atoms with Gasteiger partial charge in [0.2, 0.25) is 0 Å². The van der Waals surface area contributed by atoms with Crippen LogP contribution in [-0.2, 0) is 6.18 Å². The lowest BCUT2D eigenvalue weighted by Gasteiger charge is -2.23. The summed E-state index contributed by atoms with van der Waals surface area (Å²) >= 11 is 5.75. The fraction of sp³-hybridized carbons (Fsp3) is 0.125. The van der Waals surface area contributed by atoms with E-state index in [1.807, 2.05) is 0 Å². The molecular weight excluding hydrogens is 341 g/mol. The third kappa shape index (κ3) is 3.51. The van der Waals surface area contributed by atoms with E-state index in [0.717, 1.165) is 6.07 Å². The summed E-state index contributed by atoms with van der Waals surface area (Å²) in [6.07, 6.45) is 0.0342. The predicted molar refractivity (Wildman–Crippen MR) is 84.7 cm³/mol. The molecule has 0 aliphatic carbocycles. The smallest absolute Gasteiger partial charge is 0.373 e. The molecule has 1 aromatic carbocycles. The molecule has 2 N–H and O–H groups in total. The van der Waals surface area contributed by atoms with Crippen LogP contribution in [-0.4, -0.2) is 15.2 Å². The molecule has 8 heteroatoms. The average molecular weight is 353 g/mol. The number of nitrogens with zero attached hydrogens (tertiary/aromatic N) is 2. The molecule has 1 atom stereocenters. The molecule has 2 aromatic heterocycles. The lowest BCUT2D eigenvalue weighted by Crippen LogP contribution is -2.18. The van der Waals surface area contributed by atoms with Gasteiger partial charge in [0, 0.05) is 11.8 Å². The molecule has 0 saturated carbocycles. The van der Waals surface area contributed by atoms with Crippen molar-refractivity contribution >= 4 is 17.3 Å². The van der Waals surface area contributed by atoms with Gasteiger partial charge in [-0.3, -0.25) is 5.10 Å². The maximum atomic E-state index is 13.4. The van der Waals surface area contributed by atoms with E-state index in [-0.39, 0.29) is 5.56 Å². The number of halogens is 4. The first kappa shape index (κ1) is 16.3. The summed E-state index contributed by atoms with van der Waals surface area (Å²) in [5.41, 5.74) is 0.510. The minimum absolute atomic E-state index is 0.0985. The zero-order valence-corrected chi connectivity index (χ0v) is 12.9. The number of hydrogen-bond donors (Lipinski definition) is 2. The van der Waals surface area contributed by atoms with Crippen molar-refractivity contribution in [3.8, 4) is 0 Å². The van der Waals surface area contributed by atoms with Gasteiger partial charge in [0.15, 0.2) is 0 Å². The Morgan fingerprint density at radius 1 is 1.08 bits per heavy atom. The number of nitrogens with one attached hydrogen (secondary N) is 2. The zero-order chi connectivity index (χ0) is 17.2. The molecule has 24 heavy (non-hydrogen) atoms. The Kier molecular flexibility index (Phi) is 4.44. The first-order valence-electron chi connectivity index (χ1n) is 6.98. The molecule has 4 nitrogen and oxygen atoms in total. The van der Waals surface area contributed by atoms with Crippen LogP contribution in [0, 0.1) is 0 Å². The minimum atomic E-state index is -4.46. The van der Waals surface area contributed by atoms with E-state index in [9.17, 15) is 13.2 Å². The van der Waals surface area contributed by atoms with Gasteiger partial charge in [-0.1, -0.05) is 29.8 Å². The number of aromatic nitrogens is 3. The van der Waals surface area contributed by atoms with Crippen molar-refractivity contribution in [3.05, 3.63) is 76.8 Å². The maximum absolute atomic E-state index is 13.4. The molecule has 0 aliphatic heterocycles. The molecule has 2 heterocycles. The summed E-state index contributed by atoms with van der Waals surface area (Å²) in [5, 5.41) is 9.82. The molecule has 3 aromatic rings. The number of anilines is 1. The first-order valence-corrected chi connectivity index (χ1v) is 7.36. The third-order valence-corrected chi connectivity index (χ3v) is 3.69. The van der Waals surface area contributed by atoms with Crippen molar-refractivity contribution in [2.75, 3.05) is 5.32 Å². The van der Waals surface area contributed by atoms with Crippen LogP contribution < -0.4 is 5.32 Å². The van der Waals surface area contributed by atoms with Gasteiger partial charge in [-0.15, -0.1) is 0 Å². The van der Waals surface area contributed by atoms with Gasteiger partial charge in [0.25, 0.3) is 0 Å². The number of rotatable bonds is 4. The standard InChI is InChI=1S/C16H12ClF3N4/c17-14-6-5-11(9-21-14)24-15(10-7-22-23-8-10)12-3-1-2-4-13(12)16(18,19)20/h1-9,15,24H,(H,22,23). The lowest BCUT2D eigenvalue weighted by molar-refractivity contribution is -0.138. The monoisotopic (exact) mass is 352 g/mol. The largest absolute Gasteiger partial charge is 0.416 e. The Morgan fingerprint density at radius 2 is 1.88 bits per heavy atom. The molecule has 124 valence electrons. The lowest BCUT2D eigenvalue weighted by atomic mass is 9.95. The zero-order valence-electron chi connectivity index (χ0n) is 12.2. The Hall–Kier alpha value is -2.54. The van der Waals surface area contributed by atoms with Crippen molar-refractivity contribution in [3.63, 3.8) is 0 Å². The number of alkyl halides is 3. The second kappa shape index (κ2) is 6.52. The van der Waals surface area contributed by atoms with Gasteiger partial charge < -0.3 is 5.32 Å². The average Bonchev–Trinajstić information content (AvgIpc) is 3.08. The molecule has 0 aliphatic rings. The Balaban J connectivity index is 2.05. The van der Waals surface area contributed by atoms with Gasteiger partial charge in [-0.2, -0.15) is 18.3 Å². The number of pyridine rings is 1. The summed E-state index contributed by atoms with van der Waals surface area (Å²) in [6, 6.07) is 7.90. The molecule has 0 spiro atoms. The van der Waals surface area contributed by atoms with Crippen LogP contribution in [0.3, 0.4) is 0 Å². The van der Waals surface area contributed by atoms with Gasteiger partial charge in [-0.05, 0) is 23.8 Å². The number of benzene rings is 1. The van der Waals surface area contributed by atoms with E-state index in [1.54, 1.807) is 24.4 Å². The summed E-state index contributed by atoms with van der Waals surface area (Å²) in [6.45, 7) is 0. The molecule has 0 fully saturated rings. The number of H-pyrrole nitrogens is 1. The molecule has 0 amide bonds. The topological polar surface area (TPSA) is 53.6 Å². The van der Waals surface area contributed by atoms with Crippen LogP contribution in [0.1, 0.15) is 22.7 Å². The van der Waals surface area contributed by atoms with Crippen LogP contribution in [0.2, 0.25) is 5.15 Å². The molecule has 0 radical (unpaired) electrons. The maximum Gasteiger partial charge on any atom is 0.416 e. The summed E-state index contributed by atoms with van der Waals surface area (Å²) in [7, 11) is 0. The van der Waals surface area contributed by atoms with Crippen LogP contribution in [0.25, 0.3) is 0 Å². The SMILES string of the molecule is FC(F)(F)c1ccccc1C(Nc1ccc(Cl)nc1)c1cn[nH]c1. The van der Waals surface area contributed by atoms with E-state index in [0.29, 0.717) is 16.4 Å². The molecular formula is C16H12ClF3N4. The van der Waals surface area contributed by atoms with Crippen molar-refractivity contribution in [1.29, 1.82) is 0 Å².